The first-order valence-corrected chi connectivity index (χ1v) is 7.90. The molecular weight excluding hydrogens is 298 g/mol. The van der Waals surface area contributed by atoms with Crippen molar-refractivity contribution in [1.29, 1.82) is 0 Å². The molecule has 2 aromatic rings. The van der Waals surface area contributed by atoms with E-state index in [4.69, 9.17) is 16.3 Å². The van der Waals surface area contributed by atoms with Gasteiger partial charge in [0.25, 0.3) is 0 Å². The first kappa shape index (κ1) is 14.7. The molecule has 0 amide bonds. The third kappa shape index (κ3) is 4.15. The predicted molar refractivity (Wildman–Crippen MR) is 80.7 cm³/mol. The van der Waals surface area contributed by atoms with Crippen molar-refractivity contribution in [3.05, 3.63) is 59.1 Å². The van der Waals surface area contributed by atoms with E-state index >= 15 is 0 Å². The maximum absolute atomic E-state index is 12.1. The number of halogens is 1. The molecule has 0 radical (unpaired) electrons. The Kier molecular flexibility index (Phi) is 4.52. The summed E-state index contributed by atoms with van der Waals surface area (Å²) in [5.41, 5.74) is 1.10. The molecule has 4 nitrogen and oxygen atoms in total. The number of anilines is 1. The normalized spacial score (nSPS) is 11.1. The van der Waals surface area contributed by atoms with Gasteiger partial charge in [-0.2, -0.15) is 0 Å². The standard InChI is InChI=1S/C14H14ClNO3S/c1-19-14-7-3-6-13(9-14)16-20(17,18)10-11-4-2-5-12(15)8-11/h2-9,16H,10H2,1H3. The average molecular weight is 312 g/mol. The molecule has 2 aromatic carbocycles. The van der Waals surface area contributed by atoms with Crippen molar-refractivity contribution >= 4 is 27.3 Å². The summed E-state index contributed by atoms with van der Waals surface area (Å²) in [6.45, 7) is 0. The van der Waals surface area contributed by atoms with E-state index in [0.29, 0.717) is 22.0 Å². The van der Waals surface area contributed by atoms with Crippen LogP contribution < -0.4 is 9.46 Å². The van der Waals surface area contributed by atoms with Crippen LogP contribution in [0.3, 0.4) is 0 Å². The highest BCUT2D eigenvalue weighted by Gasteiger charge is 2.12. The van der Waals surface area contributed by atoms with Gasteiger partial charge in [0.1, 0.15) is 5.75 Å². The van der Waals surface area contributed by atoms with Crippen molar-refractivity contribution in [1.82, 2.24) is 0 Å². The zero-order valence-corrected chi connectivity index (χ0v) is 12.4. The summed E-state index contributed by atoms with van der Waals surface area (Å²) in [6, 6.07) is 13.5. The maximum Gasteiger partial charge on any atom is 0.236 e. The summed E-state index contributed by atoms with van der Waals surface area (Å²) < 4.78 is 31.7. The van der Waals surface area contributed by atoms with E-state index in [1.54, 1.807) is 48.5 Å². The number of ether oxygens (including phenoxy) is 1. The Balaban J connectivity index is 2.14. The lowest BCUT2D eigenvalue weighted by molar-refractivity contribution is 0.415. The highest BCUT2D eigenvalue weighted by atomic mass is 35.5. The van der Waals surface area contributed by atoms with Gasteiger partial charge in [0.2, 0.25) is 10.0 Å². The van der Waals surface area contributed by atoms with Gasteiger partial charge < -0.3 is 4.74 Å². The fraction of sp³-hybridized carbons (Fsp3) is 0.143. The molecule has 0 saturated heterocycles. The van der Waals surface area contributed by atoms with Crippen molar-refractivity contribution < 1.29 is 13.2 Å². The third-order valence-corrected chi connectivity index (χ3v) is 4.08. The van der Waals surface area contributed by atoms with Gasteiger partial charge in [-0.05, 0) is 29.8 Å². The highest BCUT2D eigenvalue weighted by Crippen LogP contribution is 2.19. The van der Waals surface area contributed by atoms with Crippen LogP contribution in [-0.4, -0.2) is 15.5 Å². The number of methoxy groups -OCH3 is 1. The Morgan fingerprint density at radius 2 is 1.90 bits per heavy atom. The van der Waals surface area contributed by atoms with Gasteiger partial charge in [-0.3, -0.25) is 4.72 Å². The number of rotatable bonds is 5. The number of hydrogen-bond acceptors (Lipinski definition) is 3. The van der Waals surface area contributed by atoms with Crippen LogP contribution >= 0.6 is 11.6 Å². The first-order valence-electron chi connectivity index (χ1n) is 5.87. The van der Waals surface area contributed by atoms with E-state index in [1.807, 2.05) is 0 Å². The molecule has 0 saturated carbocycles. The van der Waals surface area contributed by atoms with E-state index in [0.717, 1.165) is 0 Å². The van der Waals surface area contributed by atoms with Crippen molar-refractivity contribution in [2.24, 2.45) is 0 Å². The van der Waals surface area contributed by atoms with Gasteiger partial charge >= 0.3 is 0 Å². The van der Waals surface area contributed by atoms with E-state index in [-0.39, 0.29) is 5.75 Å². The molecule has 1 N–H and O–H groups in total. The quantitative estimate of drug-likeness (QED) is 0.922. The highest BCUT2D eigenvalue weighted by molar-refractivity contribution is 7.91. The molecular formula is C14H14ClNO3S. The average Bonchev–Trinajstić information content (AvgIpc) is 2.37. The molecule has 6 heteroatoms. The minimum Gasteiger partial charge on any atom is -0.497 e. The topological polar surface area (TPSA) is 55.4 Å². The van der Waals surface area contributed by atoms with Crippen molar-refractivity contribution in [3.63, 3.8) is 0 Å². The van der Waals surface area contributed by atoms with Crippen molar-refractivity contribution in [2.75, 3.05) is 11.8 Å². The predicted octanol–water partition coefficient (Wildman–Crippen LogP) is 3.29. The molecule has 106 valence electrons. The van der Waals surface area contributed by atoms with Crippen LogP contribution in [0.15, 0.2) is 48.5 Å². The SMILES string of the molecule is COc1cccc(NS(=O)(=O)Cc2cccc(Cl)c2)c1. The lowest BCUT2D eigenvalue weighted by Gasteiger charge is -2.09. The Morgan fingerprint density at radius 1 is 1.15 bits per heavy atom. The lowest BCUT2D eigenvalue weighted by Crippen LogP contribution is -2.15. The van der Waals surface area contributed by atoms with Gasteiger partial charge in [0.15, 0.2) is 0 Å². The second-order valence-corrected chi connectivity index (χ2v) is 6.38. The fourth-order valence-corrected chi connectivity index (χ4v) is 3.14. The van der Waals surface area contributed by atoms with E-state index in [9.17, 15) is 8.42 Å². The summed E-state index contributed by atoms with van der Waals surface area (Å²) in [5.74, 6) is 0.457. The van der Waals surface area contributed by atoms with Crippen molar-refractivity contribution in [3.8, 4) is 5.75 Å². The Morgan fingerprint density at radius 3 is 2.60 bits per heavy atom. The van der Waals surface area contributed by atoms with Gasteiger partial charge in [-0.25, -0.2) is 8.42 Å². The zero-order chi connectivity index (χ0) is 14.6. The van der Waals surface area contributed by atoms with Crippen LogP contribution in [0.25, 0.3) is 0 Å². The van der Waals surface area contributed by atoms with Gasteiger partial charge in [-0.15, -0.1) is 0 Å². The third-order valence-electron chi connectivity index (χ3n) is 2.59. The molecule has 0 fully saturated rings. The van der Waals surface area contributed by atoms with Crippen LogP contribution in [0, 0.1) is 0 Å². The molecule has 0 spiro atoms. The monoisotopic (exact) mass is 311 g/mol. The summed E-state index contributed by atoms with van der Waals surface area (Å²) in [6.07, 6.45) is 0. The molecule has 20 heavy (non-hydrogen) atoms. The number of sulfonamides is 1. The summed E-state index contributed by atoms with van der Waals surface area (Å²) in [4.78, 5) is 0. The molecule has 0 aromatic heterocycles. The molecule has 0 aliphatic rings. The van der Waals surface area contributed by atoms with E-state index < -0.39 is 10.0 Å². The minimum absolute atomic E-state index is 0.134. The second kappa shape index (κ2) is 6.15. The molecule has 0 bridgehead atoms. The second-order valence-electron chi connectivity index (χ2n) is 4.22. The van der Waals surface area contributed by atoms with E-state index in [2.05, 4.69) is 4.72 Å². The van der Waals surface area contributed by atoms with E-state index in [1.165, 1.54) is 7.11 Å². The summed E-state index contributed by atoms with van der Waals surface area (Å²) in [5, 5.41) is 0.513. The van der Waals surface area contributed by atoms with Gasteiger partial charge in [-0.1, -0.05) is 29.8 Å². The first-order chi connectivity index (χ1) is 9.48. The summed E-state index contributed by atoms with van der Waals surface area (Å²) in [7, 11) is -1.97. The molecule has 0 heterocycles. The van der Waals surface area contributed by atoms with Gasteiger partial charge in [0.05, 0.1) is 18.6 Å². The number of nitrogens with one attached hydrogen (secondary N) is 1. The molecule has 0 aliphatic carbocycles. The minimum atomic E-state index is -3.49. The van der Waals surface area contributed by atoms with Crippen LogP contribution in [0.1, 0.15) is 5.56 Å². The number of hydrogen-bond donors (Lipinski definition) is 1. The zero-order valence-electron chi connectivity index (χ0n) is 10.8. The summed E-state index contributed by atoms with van der Waals surface area (Å²) >= 11 is 5.84. The Bertz CT molecular complexity index is 701. The van der Waals surface area contributed by atoms with Crippen LogP contribution in [0.2, 0.25) is 5.02 Å². The molecule has 0 aliphatic heterocycles. The fourth-order valence-electron chi connectivity index (χ4n) is 1.75. The molecule has 0 unspecified atom stereocenters. The smallest absolute Gasteiger partial charge is 0.236 e. The molecule has 2 rings (SSSR count). The van der Waals surface area contributed by atoms with Crippen molar-refractivity contribution in [2.45, 2.75) is 5.75 Å². The van der Waals surface area contributed by atoms with Crippen LogP contribution in [-0.2, 0) is 15.8 Å². The van der Waals surface area contributed by atoms with Crippen LogP contribution in [0.4, 0.5) is 5.69 Å². The number of benzene rings is 2. The Hall–Kier alpha value is -1.72. The lowest BCUT2D eigenvalue weighted by atomic mass is 10.2. The maximum atomic E-state index is 12.1. The van der Waals surface area contributed by atoms with Crippen LogP contribution in [0.5, 0.6) is 5.75 Å². The largest absolute Gasteiger partial charge is 0.497 e. The Labute approximate surface area is 123 Å². The molecule has 0 atom stereocenters. The van der Waals surface area contributed by atoms with Gasteiger partial charge in [0, 0.05) is 11.1 Å².